The van der Waals surface area contributed by atoms with Gasteiger partial charge in [-0.25, -0.2) is 4.98 Å². The van der Waals surface area contributed by atoms with Crippen LogP contribution in [0.1, 0.15) is 21.9 Å². The van der Waals surface area contributed by atoms with Crippen molar-refractivity contribution in [2.75, 3.05) is 0 Å². The summed E-state index contributed by atoms with van der Waals surface area (Å²) >= 11 is 7.14. The zero-order valence-corrected chi connectivity index (χ0v) is 16.0. The topological polar surface area (TPSA) is 72.2 Å². The molecule has 1 N–H and O–H groups in total. The summed E-state index contributed by atoms with van der Waals surface area (Å²) < 4.78 is 41.1. The standard InChI is InChI=1S/C18H11ClF3N5OS/c19-11-4-1-3-10(7-11)9-23-16(28)15-25-17-24-12(13-5-2-6-29-13)8-14(18(20,21)22)27(17)26-15/h1-8H,9H2,(H,23,28). The number of rotatable bonds is 4. The van der Waals surface area contributed by atoms with E-state index >= 15 is 0 Å². The molecule has 0 unspecified atom stereocenters. The highest BCUT2D eigenvalue weighted by Crippen LogP contribution is 2.33. The van der Waals surface area contributed by atoms with Gasteiger partial charge in [0.15, 0.2) is 5.69 Å². The van der Waals surface area contributed by atoms with Gasteiger partial charge in [0, 0.05) is 11.6 Å². The van der Waals surface area contributed by atoms with E-state index in [2.05, 4.69) is 20.4 Å². The Labute approximate surface area is 171 Å². The van der Waals surface area contributed by atoms with Crippen LogP contribution in [0, 0.1) is 0 Å². The molecule has 11 heteroatoms. The molecule has 4 rings (SSSR count). The molecule has 4 aromatic rings. The van der Waals surface area contributed by atoms with Gasteiger partial charge >= 0.3 is 6.18 Å². The minimum absolute atomic E-state index is 0.109. The van der Waals surface area contributed by atoms with Crippen molar-refractivity contribution in [3.8, 4) is 10.6 Å². The number of amides is 1. The number of benzene rings is 1. The minimum Gasteiger partial charge on any atom is -0.345 e. The van der Waals surface area contributed by atoms with E-state index in [0.29, 0.717) is 14.4 Å². The highest BCUT2D eigenvalue weighted by Gasteiger charge is 2.36. The quantitative estimate of drug-likeness (QED) is 0.512. The van der Waals surface area contributed by atoms with E-state index in [9.17, 15) is 18.0 Å². The molecular weight excluding hydrogens is 427 g/mol. The van der Waals surface area contributed by atoms with Gasteiger partial charge in [-0.2, -0.15) is 22.7 Å². The lowest BCUT2D eigenvalue weighted by molar-refractivity contribution is -0.142. The number of fused-ring (bicyclic) bond motifs is 1. The summed E-state index contributed by atoms with van der Waals surface area (Å²) in [5.41, 5.74) is -0.228. The molecule has 148 valence electrons. The highest BCUT2D eigenvalue weighted by molar-refractivity contribution is 7.13. The Morgan fingerprint density at radius 1 is 1.17 bits per heavy atom. The first-order valence-electron chi connectivity index (χ1n) is 8.23. The monoisotopic (exact) mass is 437 g/mol. The molecule has 3 heterocycles. The average Bonchev–Trinajstić information content (AvgIpc) is 3.34. The smallest absolute Gasteiger partial charge is 0.345 e. The van der Waals surface area contributed by atoms with Gasteiger partial charge in [-0.3, -0.25) is 4.79 Å². The second kappa shape index (κ2) is 7.45. The predicted molar refractivity (Wildman–Crippen MR) is 102 cm³/mol. The van der Waals surface area contributed by atoms with Gasteiger partial charge in [0.1, 0.15) is 0 Å². The number of halogens is 4. The molecule has 1 aromatic carbocycles. The number of aromatic nitrogens is 4. The van der Waals surface area contributed by atoms with Crippen molar-refractivity contribution < 1.29 is 18.0 Å². The molecule has 29 heavy (non-hydrogen) atoms. The van der Waals surface area contributed by atoms with Crippen LogP contribution < -0.4 is 5.32 Å². The highest BCUT2D eigenvalue weighted by atomic mass is 35.5. The summed E-state index contributed by atoms with van der Waals surface area (Å²) in [6.45, 7) is 0.120. The second-order valence-corrected chi connectivity index (χ2v) is 7.35. The fourth-order valence-electron chi connectivity index (χ4n) is 2.63. The molecule has 3 aromatic heterocycles. The first kappa shape index (κ1) is 19.3. The Morgan fingerprint density at radius 3 is 2.69 bits per heavy atom. The SMILES string of the molecule is O=C(NCc1cccc(Cl)c1)c1nc2nc(-c3cccs3)cc(C(F)(F)F)n2n1. The van der Waals surface area contributed by atoms with E-state index < -0.39 is 23.6 Å². The maximum absolute atomic E-state index is 13.5. The van der Waals surface area contributed by atoms with Crippen molar-refractivity contribution >= 4 is 34.6 Å². The van der Waals surface area contributed by atoms with Crippen molar-refractivity contribution in [1.82, 2.24) is 24.9 Å². The number of alkyl halides is 3. The summed E-state index contributed by atoms with van der Waals surface area (Å²) in [4.78, 5) is 20.9. The third kappa shape index (κ3) is 4.08. The fraction of sp³-hybridized carbons (Fsp3) is 0.111. The van der Waals surface area contributed by atoms with E-state index in [1.54, 1.807) is 41.8 Å². The zero-order chi connectivity index (χ0) is 20.6. The number of nitrogens with zero attached hydrogens (tertiary/aromatic N) is 4. The maximum atomic E-state index is 13.5. The Bertz CT molecular complexity index is 1190. The van der Waals surface area contributed by atoms with Gasteiger partial charge in [0.25, 0.3) is 11.7 Å². The van der Waals surface area contributed by atoms with Crippen LogP contribution in [0.4, 0.5) is 13.2 Å². The summed E-state index contributed by atoms with van der Waals surface area (Å²) in [5, 5.41) is 8.51. The van der Waals surface area contributed by atoms with E-state index in [1.165, 1.54) is 11.3 Å². The van der Waals surface area contributed by atoms with Gasteiger partial charge in [-0.05, 0) is 35.2 Å². The van der Waals surface area contributed by atoms with Gasteiger partial charge in [0.2, 0.25) is 5.82 Å². The first-order chi connectivity index (χ1) is 13.8. The van der Waals surface area contributed by atoms with Crippen molar-refractivity contribution in [1.29, 1.82) is 0 Å². The van der Waals surface area contributed by atoms with Crippen LogP contribution in [-0.4, -0.2) is 25.5 Å². The van der Waals surface area contributed by atoms with Crippen LogP contribution >= 0.6 is 22.9 Å². The number of hydrogen-bond donors (Lipinski definition) is 1. The normalized spacial score (nSPS) is 11.7. The van der Waals surface area contributed by atoms with Gasteiger partial charge < -0.3 is 5.32 Å². The van der Waals surface area contributed by atoms with Gasteiger partial charge in [-0.15, -0.1) is 16.4 Å². The molecular formula is C18H11ClF3N5OS. The van der Waals surface area contributed by atoms with Crippen molar-refractivity contribution in [3.63, 3.8) is 0 Å². The largest absolute Gasteiger partial charge is 0.433 e. The Kier molecular flexibility index (Phi) is 4.97. The molecule has 0 aliphatic carbocycles. The molecule has 0 fully saturated rings. The lowest BCUT2D eigenvalue weighted by Gasteiger charge is -2.09. The summed E-state index contributed by atoms with van der Waals surface area (Å²) in [7, 11) is 0. The van der Waals surface area contributed by atoms with Crippen LogP contribution in [0.15, 0.2) is 47.8 Å². The summed E-state index contributed by atoms with van der Waals surface area (Å²) in [5.74, 6) is -1.44. The molecule has 0 atom stereocenters. The first-order valence-corrected chi connectivity index (χ1v) is 9.48. The lowest BCUT2D eigenvalue weighted by atomic mass is 10.2. The van der Waals surface area contributed by atoms with Crippen LogP contribution in [0.5, 0.6) is 0 Å². The molecule has 0 aliphatic rings. The molecule has 0 bridgehead atoms. The van der Waals surface area contributed by atoms with Gasteiger partial charge in [-0.1, -0.05) is 29.8 Å². The average molecular weight is 438 g/mol. The molecule has 0 spiro atoms. The maximum Gasteiger partial charge on any atom is 0.433 e. The van der Waals surface area contributed by atoms with E-state index in [1.807, 2.05) is 0 Å². The lowest BCUT2D eigenvalue weighted by Crippen LogP contribution is -2.24. The van der Waals surface area contributed by atoms with Crippen molar-refractivity contribution in [3.05, 3.63) is 69.9 Å². The number of hydrogen-bond acceptors (Lipinski definition) is 5. The van der Waals surface area contributed by atoms with Crippen LogP contribution in [0.2, 0.25) is 5.02 Å². The minimum atomic E-state index is -4.70. The second-order valence-electron chi connectivity index (χ2n) is 5.96. The van der Waals surface area contributed by atoms with Crippen LogP contribution in [-0.2, 0) is 12.7 Å². The molecule has 0 radical (unpaired) electrons. The Morgan fingerprint density at radius 2 is 2.00 bits per heavy atom. The van der Waals surface area contributed by atoms with Crippen molar-refractivity contribution in [2.45, 2.75) is 12.7 Å². The zero-order valence-electron chi connectivity index (χ0n) is 14.4. The third-order valence-electron chi connectivity index (χ3n) is 3.92. The molecule has 0 aliphatic heterocycles. The number of carbonyl (C=O) groups is 1. The number of carbonyl (C=O) groups excluding carboxylic acids is 1. The molecule has 1 amide bonds. The Hall–Kier alpha value is -2.98. The van der Waals surface area contributed by atoms with Crippen LogP contribution in [0.3, 0.4) is 0 Å². The van der Waals surface area contributed by atoms with Gasteiger partial charge in [0.05, 0.1) is 10.6 Å². The molecule has 6 nitrogen and oxygen atoms in total. The van der Waals surface area contributed by atoms with E-state index in [4.69, 9.17) is 11.6 Å². The van der Waals surface area contributed by atoms with E-state index in [-0.39, 0.29) is 18.0 Å². The fourth-order valence-corrected chi connectivity index (χ4v) is 3.52. The number of thiophene rings is 1. The van der Waals surface area contributed by atoms with E-state index in [0.717, 1.165) is 11.6 Å². The third-order valence-corrected chi connectivity index (χ3v) is 5.05. The molecule has 0 saturated carbocycles. The molecule has 0 saturated heterocycles. The number of nitrogens with one attached hydrogen (secondary N) is 1. The van der Waals surface area contributed by atoms with Crippen molar-refractivity contribution in [2.24, 2.45) is 0 Å². The summed E-state index contributed by atoms with van der Waals surface area (Å²) in [6.07, 6.45) is -4.70. The Balaban J connectivity index is 1.68. The van der Waals surface area contributed by atoms with Crippen LogP contribution in [0.25, 0.3) is 16.3 Å². The summed E-state index contributed by atoms with van der Waals surface area (Å²) in [6, 6.07) is 11.1. The predicted octanol–water partition coefficient (Wildman–Crippen LogP) is 4.46.